The fraction of sp³-hybridized carbons (Fsp3) is 0.400. The monoisotopic (exact) mass is 260 g/mol. The number of benzene rings is 1. The quantitative estimate of drug-likeness (QED) is 0.909. The first-order chi connectivity index (χ1) is 8.61. The molecule has 1 aromatic carbocycles. The van der Waals surface area contributed by atoms with Crippen molar-refractivity contribution in [3.8, 4) is 0 Å². The minimum atomic E-state index is 0.344. The summed E-state index contributed by atoms with van der Waals surface area (Å²) in [6, 6.07) is 4.86. The molecule has 0 aliphatic carbocycles. The Bertz CT molecular complexity index is 494. The van der Waals surface area contributed by atoms with Crippen molar-refractivity contribution in [2.75, 3.05) is 7.05 Å². The first-order valence-electron chi connectivity index (χ1n) is 6.25. The van der Waals surface area contributed by atoms with Crippen LogP contribution in [0.2, 0.25) is 0 Å². The Labute approximate surface area is 113 Å². The number of rotatable bonds is 4. The lowest BCUT2D eigenvalue weighted by Crippen LogP contribution is -2.21. The lowest BCUT2D eigenvalue weighted by atomic mass is 9.92. The Hall–Kier alpha value is -1.19. The second-order valence-corrected chi connectivity index (χ2v) is 5.76. The van der Waals surface area contributed by atoms with Crippen LogP contribution in [0.25, 0.3) is 0 Å². The molecule has 2 aromatic rings. The molecule has 0 spiro atoms. The van der Waals surface area contributed by atoms with Gasteiger partial charge in [-0.3, -0.25) is 0 Å². The standard InChI is InChI=1S/C15H20N2S/c1-10-7-11(2)15(12(3)8-10)13(16-4)9-14-17-5-6-18-14/h5-8,13,16H,9H2,1-4H3. The molecule has 0 radical (unpaired) electrons. The smallest absolute Gasteiger partial charge is 0.0943 e. The highest BCUT2D eigenvalue weighted by Crippen LogP contribution is 2.26. The van der Waals surface area contributed by atoms with Gasteiger partial charge in [-0.05, 0) is 44.5 Å². The van der Waals surface area contributed by atoms with Crippen molar-refractivity contribution in [1.29, 1.82) is 0 Å². The Kier molecular flexibility index (Phi) is 4.15. The maximum Gasteiger partial charge on any atom is 0.0943 e. The van der Waals surface area contributed by atoms with Crippen LogP contribution >= 0.6 is 11.3 Å². The molecule has 0 saturated heterocycles. The van der Waals surface area contributed by atoms with Gasteiger partial charge in [-0.15, -0.1) is 11.3 Å². The summed E-state index contributed by atoms with van der Waals surface area (Å²) in [6.45, 7) is 6.54. The maximum atomic E-state index is 4.38. The first-order valence-corrected chi connectivity index (χ1v) is 7.13. The van der Waals surface area contributed by atoms with Gasteiger partial charge in [0.15, 0.2) is 0 Å². The average Bonchev–Trinajstić information content (AvgIpc) is 2.79. The predicted molar refractivity (Wildman–Crippen MR) is 78.3 cm³/mol. The Morgan fingerprint density at radius 3 is 2.39 bits per heavy atom. The Balaban J connectivity index is 2.33. The lowest BCUT2D eigenvalue weighted by molar-refractivity contribution is 0.584. The van der Waals surface area contributed by atoms with Crippen LogP contribution in [0, 0.1) is 20.8 Å². The third-order valence-corrected chi connectivity index (χ3v) is 4.10. The Morgan fingerprint density at radius 1 is 1.22 bits per heavy atom. The van der Waals surface area contributed by atoms with Crippen molar-refractivity contribution < 1.29 is 0 Å². The zero-order valence-corrected chi connectivity index (χ0v) is 12.3. The fourth-order valence-corrected chi connectivity index (χ4v) is 3.28. The minimum Gasteiger partial charge on any atom is -0.313 e. The Morgan fingerprint density at radius 2 is 1.89 bits per heavy atom. The van der Waals surface area contributed by atoms with Gasteiger partial charge in [-0.25, -0.2) is 4.98 Å². The largest absolute Gasteiger partial charge is 0.313 e. The van der Waals surface area contributed by atoms with Crippen LogP contribution in [-0.2, 0) is 6.42 Å². The molecule has 1 heterocycles. The van der Waals surface area contributed by atoms with E-state index in [-0.39, 0.29) is 0 Å². The van der Waals surface area contributed by atoms with Gasteiger partial charge in [-0.1, -0.05) is 17.7 Å². The minimum absolute atomic E-state index is 0.344. The van der Waals surface area contributed by atoms with Gasteiger partial charge in [0.25, 0.3) is 0 Å². The highest BCUT2D eigenvalue weighted by atomic mass is 32.1. The van der Waals surface area contributed by atoms with Gasteiger partial charge in [0.05, 0.1) is 5.01 Å². The second-order valence-electron chi connectivity index (χ2n) is 4.78. The molecule has 0 aliphatic rings. The zero-order chi connectivity index (χ0) is 13.1. The molecule has 1 N–H and O–H groups in total. The maximum absolute atomic E-state index is 4.38. The topological polar surface area (TPSA) is 24.9 Å². The third-order valence-electron chi connectivity index (χ3n) is 3.30. The average molecular weight is 260 g/mol. The second kappa shape index (κ2) is 5.63. The van der Waals surface area contributed by atoms with Gasteiger partial charge in [0.2, 0.25) is 0 Å². The van der Waals surface area contributed by atoms with E-state index in [4.69, 9.17) is 0 Å². The normalized spacial score (nSPS) is 12.7. The number of hydrogen-bond acceptors (Lipinski definition) is 3. The summed E-state index contributed by atoms with van der Waals surface area (Å²) in [6.07, 6.45) is 2.83. The predicted octanol–water partition coefficient (Wildman–Crippen LogP) is 3.57. The number of nitrogens with one attached hydrogen (secondary N) is 1. The molecular weight excluding hydrogens is 240 g/mol. The van der Waals surface area contributed by atoms with Crippen molar-refractivity contribution in [3.05, 3.63) is 51.0 Å². The fourth-order valence-electron chi connectivity index (χ4n) is 2.62. The number of aryl methyl sites for hydroxylation is 3. The molecular formula is C15H20N2S. The lowest BCUT2D eigenvalue weighted by Gasteiger charge is -2.21. The van der Waals surface area contributed by atoms with E-state index in [9.17, 15) is 0 Å². The molecule has 2 nitrogen and oxygen atoms in total. The van der Waals surface area contributed by atoms with Crippen LogP contribution in [0.15, 0.2) is 23.7 Å². The molecule has 18 heavy (non-hydrogen) atoms. The van der Waals surface area contributed by atoms with E-state index >= 15 is 0 Å². The highest BCUT2D eigenvalue weighted by Gasteiger charge is 2.16. The van der Waals surface area contributed by atoms with Crippen molar-refractivity contribution in [1.82, 2.24) is 10.3 Å². The number of nitrogens with zero attached hydrogens (tertiary/aromatic N) is 1. The molecule has 0 amide bonds. The van der Waals surface area contributed by atoms with Crippen molar-refractivity contribution >= 4 is 11.3 Å². The molecule has 0 aliphatic heterocycles. The third kappa shape index (κ3) is 2.79. The zero-order valence-electron chi connectivity index (χ0n) is 11.4. The van der Waals surface area contributed by atoms with E-state index < -0.39 is 0 Å². The number of likely N-dealkylation sites (N-methyl/N-ethyl adjacent to an activating group) is 1. The van der Waals surface area contributed by atoms with Crippen LogP contribution in [0.1, 0.15) is 33.3 Å². The molecule has 3 heteroatoms. The summed E-state index contributed by atoms with van der Waals surface area (Å²) in [5.74, 6) is 0. The number of thiazole rings is 1. The van der Waals surface area contributed by atoms with E-state index in [0.29, 0.717) is 6.04 Å². The van der Waals surface area contributed by atoms with Gasteiger partial charge >= 0.3 is 0 Å². The van der Waals surface area contributed by atoms with Gasteiger partial charge in [0.1, 0.15) is 0 Å². The number of hydrogen-bond donors (Lipinski definition) is 1. The van der Waals surface area contributed by atoms with Crippen molar-refractivity contribution in [2.45, 2.75) is 33.2 Å². The van der Waals surface area contributed by atoms with E-state index in [1.54, 1.807) is 11.3 Å². The van der Waals surface area contributed by atoms with Crippen molar-refractivity contribution in [2.24, 2.45) is 0 Å². The molecule has 0 bridgehead atoms. The van der Waals surface area contributed by atoms with E-state index in [0.717, 1.165) is 6.42 Å². The molecule has 2 rings (SSSR count). The molecule has 1 unspecified atom stereocenters. The molecule has 0 saturated carbocycles. The van der Waals surface area contributed by atoms with Crippen LogP contribution in [0.3, 0.4) is 0 Å². The highest BCUT2D eigenvalue weighted by molar-refractivity contribution is 7.09. The van der Waals surface area contributed by atoms with Crippen molar-refractivity contribution in [3.63, 3.8) is 0 Å². The van der Waals surface area contributed by atoms with Crippen LogP contribution in [0.4, 0.5) is 0 Å². The van der Waals surface area contributed by atoms with E-state index in [1.807, 2.05) is 18.6 Å². The van der Waals surface area contributed by atoms with Gasteiger partial charge < -0.3 is 5.32 Å². The van der Waals surface area contributed by atoms with E-state index in [1.165, 1.54) is 27.3 Å². The molecule has 1 aromatic heterocycles. The molecule has 1 atom stereocenters. The van der Waals surface area contributed by atoms with E-state index in [2.05, 4.69) is 43.2 Å². The summed E-state index contributed by atoms with van der Waals surface area (Å²) in [5, 5.41) is 6.65. The molecule has 0 fully saturated rings. The first kappa shape index (κ1) is 13.2. The molecule has 96 valence electrons. The number of aromatic nitrogens is 1. The van der Waals surface area contributed by atoms with Crippen LogP contribution < -0.4 is 5.32 Å². The van der Waals surface area contributed by atoms with Crippen LogP contribution in [0.5, 0.6) is 0 Å². The van der Waals surface area contributed by atoms with Gasteiger partial charge in [0, 0.05) is 24.0 Å². The summed E-state index contributed by atoms with van der Waals surface area (Å²) in [7, 11) is 2.02. The van der Waals surface area contributed by atoms with Gasteiger partial charge in [-0.2, -0.15) is 0 Å². The summed E-state index contributed by atoms with van der Waals surface area (Å²) >= 11 is 1.73. The SMILES string of the molecule is CNC(Cc1nccs1)c1c(C)cc(C)cc1C. The summed E-state index contributed by atoms with van der Waals surface area (Å²) in [5.41, 5.74) is 5.47. The summed E-state index contributed by atoms with van der Waals surface area (Å²) in [4.78, 5) is 4.38. The van der Waals surface area contributed by atoms with Crippen LogP contribution in [-0.4, -0.2) is 12.0 Å². The summed E-state index contributed by atoms with van der Waals surface area (Å²) < 4.78 is 0.